The lowest BCUT2D eigenvalue weighted by atomic mass is 9.90. The molecule has 4 heterocycles. The van der Waals surface area contributed by atoms with Crippen molar-refractivity contribution in [2.24, 2.45) is 4.99 Å². The second-order valence-corrected chi connectivity index (χ2v) is 11.0. The van der Waals surface area contributed by atoms with Gasteiger partial charge in [0.15, 0.2) is 0 Å². The van der Waals surface area contributed by atoms with Crippen molar-refractivity contribution in [3.05, 3.63) is 89.0 Å². The summed E-state index contributed by atoms with van der Waals surface area (Å²) in [6, 6.07) is 9.90. The minimum absolute atomic E-state index is 0.0125. The minimum Gasteiger partial charge on any atom is -0.355 e. The van der Waals surface area contributed by atoms with Crippen LogP contribution >= 0.6 is 0 Å². The maximum absolute atomic E-state index is 13.5. The van der Waals surface area contributed by atoms with Gasteiger partial charge in [-0.1, -0.05) is 30.3 Å². The lowest BCUT2D eigenvalue weighted by Crippen LogP contribution is -2.48. The van der Waals surface area contributed by atoms with Crippen LogP contribution in [0.2, 0.25) is 0 Å². The fraction of sp³-hybridized carbons (Fsp3) is 0.467. The fourth-order valence-electron chi connectivity index (χ4n) is 6.26. The molecule has 1 aliphatic carbocycles. The van der Waals surface area contributed by atoms with Crippen LogP contribution in [0.3, 0.4) is 0 Å². The van der Waals surface area contributed by atoms with Crippen LogP contribution in [0.15, 0.2) is 71.6 Å². The van der Waals surface area contributed by atoms with Gasteiger partial charge in [0.2, 0.25) is 0 Å². The number of benzene rings is 1. The molecule has 1 saturated heterocycles. The van der Waals surface area contributed by atoms with Crippen molar-refractivity contribution in [3.63, 3.8) is 0 Å². The van der Waals surface area contributed by atoms with Crippen LogP contribution < -0.4 is 0 Å². The van der Waals surface area contributed by atoms with Crippen molar-refractivity contribution in [2.45, 2.75) is 44.1 Å². The third kappa shape index (κ3) is 5.61. The van der Waals surface area contributed by atoms with Crippen molar-refractivity contribution in [2.75, 3.05) is 46.3 Å². The number of aromatic nitrogens is 1. The first-order valence-corrected chi connectivity index (χ1v) is 13.9. The molecule has 0 spiro atoms. The number of aliphatic imine (C=N–C) groups is 1. The smallest absolute Gasteiger partial charge is 0.355 e. The van der Waals surface area contributed by atoms with Crippen LogP contribution in [0.1, 0.15) is 41.3 Å². The first kappa shape index (κ1) is 26.1. The number of nitrogens with zero attached hydrogens (tertiary/aromatic N) is 6. The topological polar surface area (TPSA) is 38.2 Å². The number of likely N-dealkylation sites (N-methyl/N-ethyl adjacent to an activating group) is 1. The summed E-state index contributed by atoms with van der Waals surface area (Å²) in [6.45, 7) is 5.86. The number of rotatable bonds is 6. The highest BCUT2D eigenvalue weighted by atomic mass is 19.4. The largest absolute Gasteiger partial charge is 0.416 e. The van der Waals surface area contributed by atoms with Gasteiger partial charge >= 0.3 is 6.18 Å². The van der Waals surface area contributed by atoms with E-state index in [1.807, 2.05) is 12.3 Å². The van der Waals surface area contributed by atoms with E-state index in [1.165, 1.54) is 23.5 Å². The molecule has 2 atom stereocenters. The molecule has 0 N–H and O–H groups in total. The van der Waals surface area contributed by atoms with E-state index in [-0.39, 0.29) is 12.1 Å². The number of hydrogen-bond donors (Lipinski definition) is 0. The molecule has 1 unspecified atom stereocenters. The highest BCUT2D eigenvalue weighted by molar-refractivity contribution is 5.96. The lowest BCUT2D eigenvalue weighted by Gasteiger charge is -2.40. The zero-order valence-electron chi connectivity index (χ0n) is 22.3. The molecule has 6 rings (SSSR count). The van der Waals surface area contributed by atoms with Crippen LogP contribution in [0.25, 0.3) is 0 Å². The Labute approximate surface area is 228 Å². The average Bonchev–Trinajstić information content (AvgIpc) is 3.35. The molecule has 0 saturated carbocycles. The third-order valence-corrected chi connectivity index (χ3v) is 8.27. The first-order valence-electron chi connectivity index (χ1n) is 13.9. The Morgan fingerprint density at radius 3 is 2.74 bits per heavy atom. The van der Waals surface area contributed by atoms with Gasteiger partial charge in [-0.15, -0.1) is 0 Å². The van der Waals surface area contributed by atoms with E-state index in [0.29, 0.717) is 18.7 Å². The third-order valence-electron chi connectivity index (χ3n) is 8.27. The Balaban J connectivity index is 1.25. The molecule has 9 heteroatoms. The molecule has 6 nitrogen and oxygen atoms in total. The quantitative estimate of drug-likeness (QED) is 0.534. The molecule has 0 radical (unpaired) electrons. The van der Waals surface area contributed by atoms with Crippen LogP contribution in [0, 0.1) is 0 Å². The van der Waals surface area contributed by atoms with Crippen molar-refractivity contribution in [1.29, 1.82) is 0 Å². The summed E-state index contributed by atoms with van der Waals surface area (Å²) in [6.07, 6.45) is 6.73. The minimum atomic E-state index is -4.36. The average molecular weight is 537 g/mol. The van der Waals surface area contributed by atoms with E-state index in [1.54, 1.807) is 6.07 Å². The Bertz CT molecular complexity index is 1280. The number of pyridine rings is 1. The van der Waals surface area contributed by atoms with Gasteiger partial charge in [0.1, 0.15) is 11.7 Å². The highest BCUT2D eigenvalue weighted by Crippen LogP contribution is 2.36. The van der Waals surface area contributed by atoms with Gasteiger partial charge in [0.05, 0.1) is 23.3 Å². The maximum atomic E-state index is 13.5. The predicted molar refractivity (Wildman–Crippen MR) is 146 cm³/mol. The Kier molecular flexibility index (Phi) is 7.20. The molecule has 206 valence electrons. The number of amidine groups is 1. The number of hydrogen-bond acceptors (Lipinski definition) is 6. The molecular weight excluding hydrogens is 501 g/mol. The number of allylic oxidation sites excluding steroid dienone is 2. The molecule has 3 aliphatic heterocycles. The normalized spacial score (nSPS) is 23.5. The van der Waals surface area contributed by atoms with Gasteiger partial charge in [-0.3, -0.25) is 14.9 Å². The second kappa shape index (κ2) is 10.8. The van der Waals surface area contributed by atoms with Crippen molar-refractivity contribution < 1.29 is 13.2 Å². The van der Waals surface area contributed by atoms with Gasteiger partial charge < -0.3 is 14.7 Å². The predicted octanol–water partition coefficient (Wildman–Crippen LogP) is 4.72. The van der Waals surface area contributed by atoms with Gasteiger partial charge in [0.25, 0.3) is 0 Å². The maximum Gasteiger partial charge on any atom is 0.416 e. The summed E-state index contributed by atoms with van der Waals surface area (Å²) < 4.78 is 40.5. The van der Waals surface area contributed by atoms with E-state index in [2.05, 4.69) is 50.9 Å². The second-order valence-electron chi connectivity index (χ2n) is 11.0. The number of aryl methyl sites for hydroxylation is 1. The summed E-state index contributed by atoms with van der Waals surface area (Å²) in [7, 11) is 2.16. The monoisotopic (exact) mass is 536 g/mol. The lowest BCUT2D eigenvalue weighted by molar-refractivity contribution is -0.137. The molecule has 1 fully saturated rings. The molecule has 39 heavy (non-hydrogen) atoms. The van der Waals surface area contributed by atoms with Crippen LogP contribution in [0.4, 0.5) is 13.2 Å². The Hall–Kier alpha value is -3.17. The SMILES string of the molecule is CN1CCN(C2=CC=CC3=NC(CN(Cc4cccc(C(F)(F)F)c4)[C@H]4CCCc5cccnc54)CN23)CC1. The van der Waals surface area contributed by atoms with E-state index in [4.69, 9.17) is 9.98 Å². The number of halogens is 3. The highest BCUT2D eigenvalue weighted by Gasteiger charge is 2.35. The van der Waals surface area contributed by atoms with E-state index in [9.17, 15) is 13.2 Å². The summed E-state index contributed by atoms with van der Waals surface area (Å²) in [5.74, 6) is 2.17. The summed E-state index contributed by atoms with van der Waals surface area (Å²) >= 11 is 0. The summed E-state index contributed by atoms with van der Waals surface area (Å²) in [5.41, 5.74) is 2.35. The molecule has 0 bridgehead atoms. The van der Waals surface area contributed by atoms with Crippen molar-refractivity contribution >= 4 is 5.84 Å². The van der Waals surface area contributed by atoms with Gasteiger partial charge in [-0.25, -0.2) is 0 Å². The molecule has 0 amide bonds. The zero-order valence-corrected chi connectivity index (χ0v) is 22.3. The van der Waals surface area contributed by atoms with Crippen LogP contribution in [-0.2, 0) is 19.1 Å². The van der Waals surface area contributed by atoms with Gasteiger partial charge in [-0.05, 0) is 61.7 Å². The number of alkyl halides is 3. The van der Waals surface area contributed by atoms with E-state index < -0.39 is 11.7 Å². The van der Waals surface area contributed by atoms with E-state index in [0.717, 1.165) is 69.6 Å². The van der Waals surface area contributed by atoms with Gasteiger partial charge in [-0.2, -0.15) is 13.2 Å². The summed E-state index contributed by atoms with van der Waals surface area (Å²) in [4.78, 5) is 19.2. The zero-order chi connectivity index (χ0) is 27.0. The number of fused-ring (bicyclic) bond motifs is 2. The Morgan fingerprint density at radius 2 is 1.92 bits per heavy atom. The molecular formula is C30H35F3N6. The summed E-state index contributed by atoms with van der Waals surface area (Å²) in [5, 5.41) is 0. The van der Waals surface area contributed by atoms with Crippen molar-refractivity contribution in [3.8, 4) is 0 Å². The fourth-order valence-corrected chi connectivity index (χ4v) is 6.26. The standard InChI is InChI=1S/C30H35F3N6/c1-36-14-16-37(17-15-36)28-12-4-11-27-35-25(21-39(27)28)20-38(19-22-6-2-9-24(18-22)30(31,32)33)26-10-3-7-23-8-5-13-34-29(23)26/h2,4-6,8-9,11-13,18,25-26H,3,7,10,14-17,19-21H2,1H3/t25?,26-/m0/s1. The van der Waals surface area contributed by atoms with Crippen LogP contribution in [-0.4, -0.2) is 82.8 Å². The van der Waals surface area contributed by atoms with E-state index >= 15 is 0 Å². The first-order chi connectivity index (χ1) is 18.8. The molecule has 2 aromatic rings. The van der Waals surface area contributed by atoms with Gasteiger partial charge in [0, 0.05) is 52.0 Å². The molecule has 1 aromatic heterocycles. The van der Waals surface area contributed by atoms with Crippen molar-refractivity contribution in [1.82, 2.24) is 24.6 Å². The Morgan fingerprint density at radius 1 is 1.08 bits per heavy atom. The molecule has 1 aromatic carbocycles. The molecule has 4 aliphatic rings. The van der Waals surface area contributed by atoms with Crippen LogP contribution in [0.5, 0.6) is 0 Å². The number of piperazine rings is 1.